The highest BCUT2D eigenvalue weighted by molar-refractivity contribution is 14.1. The van der Waals surface area contributed by atoms with E-state index >= 15 is 0 Å². The highest BCUT2D eigenvalue weighted by atomic mass is 127. The number of aryl methyl sites for hydroxylation is 1. The van der Waals surface area contributed by atoms with Crippen molar-refractivity contribution in [1.29, 1.82) is 0 Å². The average Bonchev–Trinajstić information content (AvgIpc) is 2.06. The van der Waals surface area contributed by atoms with E-state index in [2.05, 4.69) is 10.9 Å². The summed E-state index contributed by atoms with van der Waals surface area (Å²) in [6, 6.07) is 0. The van der Waals surface area contributed by atoms with Crippen molar-refractivity contribution >= 4 is 22.6 Å². The Kier molecular flexibility index (Phi) is 2.87. The van der Waals surface area contributed by atoms with Gasteiger partial charge in [-0.1, -0.05) is 5.92 Å². The second-order valence-electron chi connectivity index (χ2n) is 2.25. The number of nitrogens with zero attached hydrogens (tertiary/aromatic N) is 2. The maximum absolute atomic E-state index is 11.4. The van der Waals surface area contributed by atoms with Gasteiger partial charge in [-0.15, -0.1) is 6.42 Å². The molecule has 0 atom stereocenters. The van der Waals surface area contributed by atoms with Gasteiger partial charge in [-0.2, -0.15) is 0 Å². The SMILES string of the molecule is C#CCn1c(C)ncc(I)c1=O. The van der Waals surface area contributed by atoms with E-state index in [1.165, 1.54) is 4.57 Å². The molecular formula is C8H7IN2O. The van der Waals surface area contributed by atoms with Crippen molar-refractivity contribution in [3.63, 3.8) is 0 Å². The molecule has 0 amide bonds. The summed E-state index contributed by atoms with van der Waals surface area (Å²) in [7, 11) is 0. The molecule has 0 fully saturated rings. The molecule has 1 rings (SSSR count). The van der Waals surface area contributed by atoms with Crippen LogP contribution in [-0.4, -0.2) is 9.55 Å². The summed E-state index contributed by atoms with van der Waals surface area (Å²) in [5.41, 5.74) is -0.0685. The van der Waals surface area contributed by atoms with Crippen molar-refractivity contribution in [3.8, 4) is 12.3 Å². The number of rotatable bonds is 1. The van der Waals surface area contributed by atoms with Crippen LogP contribution in [0.4, 0.5) is 0 Å². The number of aromatic nitrogens is 2. The molecule has 0 saturated heterocycles. The zero-order chi connectivity index (χ0) is 9.14. The van der Waals surface area contributed by atoms with Crippen molar-refractivity contribution < 1.29 is 0 Å². The quantitative estimate of drug-likeness (QED) is 0.560. The molecule has 12 heavy (non-hydrogen) atoms. The van der Waals surface area contributed by atoms with Gasteiger partial charge in [0, 0.05) is 6.20 Å². The minimum absolute atomic E-state index is 0.0685. The molecule has 0 aromatic carbocycles. The molecule has 0 spiro atoms. The van der Waals surface area contributed by atoms with Gasteiger partial charge in [0.25, 0.3) is 5.56 Å². The predicted octanol–water partition coefficient (Wildman–Crippen LogP) is 0.790. The van der Waals surface area contributed by atoms with Crippen LogP contribution in [0.15, 0.2) is 11.0 Å². The van der Waals surface area contributed by atoms with Crippen LogP contribution in [0.3, 0.4) is 0 Å². The molecule has 0 saturated carbocycles. The molecule has 3 nitrogen and oxygen atoms in total. The third kappa shape index (κ3) is 1.67. The lowest BCUT2D eigenvalue weighted by atomic mass is 10.5. The number of halogens is 1. The van der Waals surface area contributed by atoms with Gasteiger partial charge in [-0.05, 0) is 29.5 Å². The summed E-state index contributed by atoms with van der Waals surface area (Å²) >= 11 is 1.94. The van der Waals surface area contributed by atoms with E-state index in [0.717, 1.165) is 0 Å². The predicted molar refractivity (Wildman–Crippen MR) is 54.8 cm³/mol. The Balaban J connectivity index is 3.35. The Bertz CT molecular complexity index is 389. The fraction of sp³-hybridized carbons (Fsp3) is 0.250. The second kappa shape index (κ2) is 3.72. The van der Waals surface area contributed by atoms with Crippen LogP contribution in [0, 0.1) is 22.8 Å². The summed E-state index contributed by atoms with van der Waals surface area (Å²) in [5.74, 6) is 3.06. The molecular weight excluding hydrogens is 267 g/mol. The first kappa shape index (κ1) is 9.26. The molecule has 62 valence electrons. The number of hydrogen-bond acceptors (Lipinski definition) is 2. The Morgan fingerprint density at radius 1 is 1.83 bits per heavy atom. The minimum atomic E-state index is -0.0685. The van der Waals surface area contributed by atoms with Gasteiger partial charge >= 0.3 is 0 Å². The average molecular weight is 274 g/mol. The van der Waals surface area contributed by atoms with Gasteiger partial charge < -0.3 is 0 Å². The largest absolute Gasteiger partial charge is 0.284 e. The molecule has 1 aromatic rings. The second-order valence-corrected chi connectivity index (χ2v) is 3.41. The highest BCUT2D eigenvalue weighted by Crippen LogP contribution is 1.96. The summed E-state index contributed by atoms with van der Waals surface area (Å²) in [6.45, 7) is 2.04. The molecule has 0 bridgehead atoms. The first-order valence-corrected chi connectivity index (χ1v) is 4.40. The third-order valence-corrected chi connectivity index (χ3v) is 2.19. The molecule has 0 aliphatic carbocycles. The lowest BCUT2D eigenvalue weighted by Crippen LogP contribution is -2.25. The van der Waals surface area contributed by atoms with Crippen molar-refractivity contribution in [1.82, 2.24) is 9.55 Å². The van der Waals surface area contributed by atoms with E-state index in [0.29, 0.717) is 9.39 Å². The van der Waals surface area contributed by atoms with Crippen molar-refractivity contribution in [3.05, 3.63) is 25.9 Å². The topological polar surface area (TPSA) is 34.9 Å². The van der Waals surface area contributed by atoms with Gasteiger partial charge in [-0.3, -0.25) is 9.36 Å². The van der Waals surface area contributed by atoms with Gasteiger partial charge in [0.05, 0.1) is 10.1 Å². The molecule has 0 unspecified atom stereocenters. The molecule has 0 aliphatic rings. The maximum atomic E-state index is 11.4. The maximum Gasteiger partial charge on any atom is 0.267 e. The Morgan fingerprint density at radius 3 is 3.08 bits per heavy atom. The summed E-state index contributed by atoms with van der Waals surface area (Å²) in [5, 5.41) is 0. The first-order valence-electron chi connectivity index (χ1n) is 3.32. The van der Waals surface area contributed by atoms with E-state index in [1.54, 1.807) is 13.1 Å². The standard InChI is InChI=1S/C8H7IN2O/c1-3-4-11-6(2)10-5-7(9)8(11)12/h1,5H,4H2,2H3. The Hall–Kier alpha value is -0.830. The Labute approximate surface area is 84.0 Å². The van der Waals surface area contributed by atoms with E-state index in [-0.39, 0.29) is 12.1 Å². The van der Waals surface area contributed by atoms with Crippen LogP contribution in [-0.2, 0) is 6.54 Å². The van der Waals surface area contributed by atoms with Crippen molar-refractivity contribution in [2.24, 2.45) is 0 Å². The van der Waals surface area contributed by atoms with E-state index in [1.807, 2.05) is 22.6 Å². The molecule has 0 N–H and O–H groups in total. The van der Waals surface area contributed by atoms with Gasteiger partial charge in [0.15, 0.2) is 0 Å². The van der Waals surface area contributed by atoms with Crippen LogP contribution in [0.2, 0.25) is 0 Å². The molecule has 0 radical (unpaired) electrons. The Morgan fingerprint density at radius 2 is 2.50 bits per heavy atom. The lowest BCUT2D eigenvalue weighted by molar-refractivity contribution is 0.721. The molecule has 1 aromatic heterocycles. The minimum Gasteiger partial charge on any atom is -0.284 e. The summed E-state index contributed by atoms with van der Waals surface area (Å²) < 4.78 is 2.07. The van der Waals surface area contributed by atoms with Crippen LogP contribution in [0.25, 0.3) is 0 Å². The van der Waals surface area contributed by atoms with E-state index < -0.39 is 0 Å². The number of hydrogen-bond donors (Lipinski definition) is 0. The highest BCUT2D eigenvalue weighted by Gasteiger charge is 2.02. The molecule has 0 aliphatic heterocycles. The van der Waals surface area contributed by atoms with Crippen LogP contribution in [0.5, 0.6) is 0 Å². The smallest absolute Gasteiger partial charge is 0.267 e. The molecule has 4 heteroatoms. The lowest BCUT2D eigenvalue weighted by Gasteiger charge is -2.04. The zero-order valence-corrected chi connectivity index (χ0v) is 8.70. The van der Waals surface area contributed by atoms with Crippen molar-refractivity contribution in [2.45, 2.75) is 13.5 Å². The third-order valence-electron chi connectivity index (χ3n) is 1.45. The van der Waals surface area contributed by atoms with Crippen LogP contribution >= 0.6 is 22.6 Å². The normalized spacial score (nSPS) is 9.42. The van der Waals surface area contributed by atoms with Crippen molar-refractivity contribution in [2.75, 3.05) is 0 Å². The number of terminal acetylenes is 1. The van der Waals surface area contributed by atoms with E-state index in [9.17, 15) is 4.79 Å². The van der Waals surface area contributed by atoms with E-state index in [4.69, 9.17) is 6.42 Å². The molecule has 1 heterocycles. The van der Waals surface area contributed by atoms with Gasteiger partial charge in [-0.25, -0.2) is 4.98 Å². The summed E-state index contributed by atoms with van der Waals surface area (Å²) in [4.78, 5) is 15.4. The fourth-order valence-electron chi connectivity index (χ4n) is 0.828. The monoisotopic (exact) mass is 274 g/mol. The van der Waals surface area contributed by atoms with Gasteiger partial charge in [0.2, 0.25) is 0 Å². The first-order chi connectivity index (χ1) is 5.66. The van der Waals surface area contributed by atoms with Crippen LogP contribution < -0.4 is 5.56 Å². The van der Waals surface area contributed by atoms with Gasteiger partial charge in [0.1, 0.15) is 5.82 Å². The fourth-order valence-corrected chi connectivity index (χ4v) is 1.26. The van der Waals surface area contributed by atoms with Crippen LogP contribution in [0.1, 0.15) is 5.82 Å². The summed E-state index contributed by atoms with van der Waals surface area (Å²) in [6.07, 6.45) is 6.66. The zero-order valence-electron chi connectivity index (χ0n) is 6.54.